The number of anilines is 1. The molecule has 0 aliphatic carbocycles. The fourth-order valence-corrected chi connectivity index (χ4v) is 1.58. The molecule has 1 atom stereocenters. The minimum absolute atomic E-state index is 0.0906. The molecule has 0 aromatic heterocycles. The second kappa shape index (κ2) is 6.17. The molecule has 0 saturated heterocycles. The van der Waals surface area contributed by atoms with Crippen LogP contribution in [0.3, 0.4) is 0 Å². The van der Waals surface area contributed by atoms with Crippen LogP contribution < -0.4 is 10.2 Å². The van der Waals surface area contributed by atoms with Crippen molar-refractivity contribution >= 4 is 17.7 Å². The fourth-order valence-electron chi connectivity index (χ4n) is 1.58. The number of carboxylic acid groups (broad SMARTS) is 1. The predicted molar refractivity (Wildman–Crippen MR) is 69.6 cm³/mol. The van der Waals surface area contributed by atoms with Crippen molar-refractivity contribution in [2.45, 2.75) is 19.9 Å². The predicted octanol–water partition coefficient (Wildman–Crippen LogP) is 2.08. The van der Waals surface area contributed by atoms with Crippen LogP contribution in [0.1, 0.15) is 13.8 Å². The molecule has 104 valence electrons. The van der Waals surface area contributed by atoms with Gasteiger partial charge in [-0.2, -0.15) is 0 Å². The van der Waals surface area contributed by atoms with E-state index in [1.807, 2.05) is 0 Å². The van der Waals surface area contributed by atoms with E-state index >= 15 is 0 Å². The van der Waals surface area contributed by atoms with Gasteiger partial charge >= 0.3 is 12.0 Å². The molecule has 2 amide bonds. The topological polar surface area (TPSA) is 69.6 Å². The Morgan fingerprint density at radius 3 is 2.37 bits per heavy atom. The molecular weight excluding hydrogens is 251 g/mol. The Hall–Kier alpha value is -2.11. The van der Waals surface area contributed by atoms with Crippen molar-refractivity contribution in [1.29, 1.82) is 0 Å². The average Bonchev–Trinajstić information content (AvgIpc) is 2.34. The molecule has 0 unspecified atom stereocenters. The first-order valence-corrected chi connectivity index (χ1v) is 5.86. The first kappa shape index (κ1) is 14.9. The van der Waals surface area contributed by atoms with Crippen LogP contribution in [0, 0.1) is 11.7 Å². The largest absolute Gasteiger partial charge is 0.480 e. The summed E-state index contributed by atoms with van der Waals surface area (Å²) in [5.74, 6) is -1.93. The Bertz CT molecular complexity index is 477. The average molecular weight is 268 g/mol. The van der Waals surface area contributed by atoms with Crippen molar-refractivity contribution in [1.82, 2.24) is 5.32 Å². The van der Waals surface area contributed by atoms with Gasteiger partial charge in [-0.15, -0.1) is 0 Å². The van der Waals surface area contributed by atoms with E-state index in [1.165, 1.54) is 25.2 Å². The maximum absolute atomic E-state index is 13.5. The number of nitrogens with zero attached hydrogens (tertiary/aromatic N) is 1. The number of para-hydroxylation sites is 1. The number of benzene rings is 1. The van der Waals surface area contributed by atoms with Gasteiger partial charge in [0.25, 0.3) is 0 Å². The van der Waals surface area contributed by atoms with E-state index in [9.17, 15) is 14.0 Å². The van der Waals surface area contributed by atoms with E-state index in [4.69, 9.17) is 5.11 Å². The van der Waals surface area contributed by atoms with E-state index in [1.54, 1.807) is 19.9 Å². The van der Waals surface area contributed by atoms with Gasteiger partial charge in [0.1, 0.15) is 11.9 Å². The van der Waals surface area contributed by atoms with Gasteiger partial charge in [-0.3, -0.25) is 4.90 Å². The quantitative estimate of drug-likeness (QED) is 0.878. The third kappa shape index (κ3) is 3.67. The summed E-state index contributed by atoms with van der Waals surface area (Å²) in [5.41, 5.74) is 0.0906. The highest BCUT2D eigenvalue weighted by molar-refractivity contribution is 5.94. The van der Waals surface area contributed by atoms with Crippen LogP contribution in [0.2, 0.25) is 0 Å². The first-order chi connectivity index (χ1) is 8.84. The summed E-state index contributed by atoms with van der Waals surface area (Å²) in [5, 5.41) is 11.4. The van der Waals surface area contributed by atoms with Crippen LogP contribution in [0.4, 0.5) is 14.9 Å². The lowest BCUT2D eigenvalue weighted by Crippen LogP contribution is -2.49. The molecule has 0 bridgehead atoms. The lowest BCUT2D eigenvalue weighted by molar-refractivity contribution is -0.140. The number of urea groups is 1. The molecule has 0 fully saturated rings. The van der Waals surface area contributed by atoms with Crippen LogP contribution in [0.5, 0.6) is 0 Å². The molecule has 6 heteroatoms. The van der Waals surface area contributed by atoms with Crippen molar-refractivity contribution < 1.29 is 19.1 Å². The molecule has 1 aromatic carbocycles. The van der Waals surface area contributed by atoms with Gasteiger partial charge in [0.05, 0.1) is 5.69 Å². The van der Waals surface area contributed by atoms with Crippen molar-refractivity contribution in [3.63, 3.8) is 0 Å². The molecule has 0 radical (unpaired) electrons. The van der Waals surface area contributed by atoms with E-state index in [0.717, 1.165) is 4.90 Å². The Labute approximate surface area is 111 Å². The zero-order valence-corrected chi connectivity index (χ0v) is 11.1. The van der Waals surface area contributed by atoms with Gasteiger partial charge < -0.3 is 10.4 Å². The molecule has 19 heavy (non-hydrogen) atoms. The summed E-state index contributed by atoms with van der Waals surface area (Å²) < 4.78 is 13.5. The zero-order chi connectivity index (χ0) is 14.6. The third-order valence-corrected chi connectivity index (χ3v) is 2.73. The van der Waals surface area contributed by atoms with Crippen molar-refractivity contribution in [2.75, 3.05) is 11.9 Å². The Morgan fingerprint density at radius 1 is 1.32 bits per heavy atom. The molecule has 2 N–H and O–H groups in total. The zero-order valence-electron chi connectivity index (χ0n) is 11.1. The molecule has 0 saturated carbocycles. The van der Waals surface area contributed by atoms with Gasteiger partial charge in [0, 0.05) is 7.05 Å². The molecule has 1 aromatic rings. The maximum Gasteiger partial charge on any atom is 0.326 e. The molecule has 1 rings (SSSR count). The SMILES string of the molecule is CC(C)[C@H](NC(=O)N(C)c1ccccc1F)C(=O)O. The second-order valence-corrected chi connectivity index (χ2v) is 4.52. The van der Waals surface area contributed by atoms with E-state index < -0.39 is 23.9 Å². The number of aliphatic carboxylic acids is 1. The highest BCUT2D eigenvalue weighted by Gasteiger charge is 2.25. The summed E-state index contributed by atoms with van der Waals surface area (Å²) in [6.45, 7) is 3.37. The first-order valence-electron chi connectivity index (χ1n) is 5.86. The minimum atomic E-state index is -1.12. The van der Waals surface area contributed by atoms with Gasteiger partial charge in [0.15, 0.2) is 0 Å². The van der Waals surface area contributed by atoms with Crippen LogP contribution in [0.15, 0.2) is 24.3 Å². The summed E-state index contributed by atoms with van der Waals surface area (Å²) in [6.07, 6.45) is 0. The standard InChI is InChI=1S/C13H17FN2O3/c1-8(2)11(12(17)18)15-13(19)16(3)10-7-5-4-6-9(10)14/h4-8,11H,1-3H3,(H,15,19)(H,17,18)/t11-/m0/s1. The van der Waals surface area contributed by atoms with Gasteiger partial charge in [-0.25, -0.2) is 14.0 Å². The lowest BCUT2D eigenvalue weighted by atomic mass is 10.1. The van der Waals surface area contributed by atoms with E-state index in [2.05, 4.69) is 5.32 Å². The number of carbonyl (C=O) groups is 2. The number of hydrogen-bond acceptors (Lipinski definition) is 2. The van der Waals surface area contributed by atoms with Crippen LogP contribution in [-0.4, -0.2) is 30.2 Å². The van der Waals surface area contributed by atoms with Crippen molar-refractivity contribution in [2.24, 2.45) is 5.92 Å². The van der Waals surface area contributed by atoms with Gasteiger partial charge in [-0.05, 0) is 18.1 Å². The van der Waals surface area contributed by atoms with Crippen LogP contribution in [-0.2, 0) is 4.79 Å². The summed E-state index contributed by atoms with van der Waals surface area (Å²) in [6, 6.07) is 4.11. The number of carbonyl (C=O) groups excluding carboxylic acids is 1. The summed E-state index contributed by atoms with van der Waals surface area (Å²) in [4.78, 5) is 23.9. The summed E-state index contributed by atoms with van der Waals surface area (Å²) >= 11 is 0. The van der Waals surface area contributed by atoms with E-state index in [-0.39, 0.29) is 11.6 Å². The smallest absolute Gasteiger partial charge is 0.326 e. The van der Waals surface area contributed by atoms with Gasteiger partial charge in [0.2, 0.25) is 0 Å². The Kier molecular flexibility index (Phi) is 4.86. The maximum atomic E-state index is 13.5. The highest BCUT2D eigenvalue weighted by atomic mass is 19.1. The van der Waals surface area contributed by atoms with Crippen molar-refractivity contribution in [3.8, 4) is 0 Å². The lowest BCUT2D eigenvalue weighted by Gasteiger charge is -2.23. The third-order valence-electron chi connectivity index (χ3n) is 2.73. The highest BCUT2D eigenvalue weighted by Crippen LogP contribution is 2.17. The Morgan fingerprint density at radius 2 is 1.89 bits per heavy atom. The molecule has 0 aliphatic rings. The number of amides is 2. The number of nitrogens with one attached hydrogen (secondary N) is 1. The normalized spacial score (nSPS) is 12.1. The van der Waals surface area contributed by atoms with E-state index in [0.29, 0.717) is 0 Å². The number of carboxylic acids is 1. The van der Waals surface area contributed by atoms with Gasteiger partial charge in [-0.1, -0.05) is 26.0 Å². The number of rotatable bonds is 4. The minimum Gasteiger partial charge on any atom is -0.480 e. The van der Waals surface area contributed by atoms with Crippen LogP contribution in [0.25, 0.3) is 0 Å². The summed E-state index contributed by atoms with van der Waals surface area (Å²) in [7, 11) is 1.38. The molecule has 0 aliphatic heterocycles. The molecule has 5 nitrogen and oxygen atoms in total. The monoisotopic (exact) mass is 268 g/mol. The molecule has 0 spiro atoms. The number of halogens is 1. The second-order valence-electron chi connectivity index (χ2n) is 4.52. The number of hydrogen-bond donors (Lipinski definition) is 2. The Balaban J connectivity index is 2.83. The van der Waals surface area contributed by atoms with Crippen LogP contribution >= 0.6 is 0 Å². The van der Waals surface area contributed by atoms with Crippen molar-refractivity contribution in [3.05, 3.63) is 30.1 Å². The fraction of sp³-hybridized carbons (Fsp3) is 0.385. The molecule has 0 heterocycles. The molecular formula is C13H17FN2O3.